The number of piperidine rings is 1. The van der Waals surface area contributed by atoms with Crippen molar-refractivity contribution >= 4 is 22.8 Å². The molecule has 1 aliphatic rings. The zero-order valence-electron chi connectivity index (χ0n) is 11.1. The number of rotatable bonds is 5. The molecule has 0 amide bonds. The van der Waals surface area contributed by atoms with Crippen LogP contribution in [0, 0.1) is 0 Å². The molecule has 0 aromatic rings. The van der Waals surface area contributed by atoms with E-state index in [1.165, 1.54) is 19.3 Å². The molecular formula is C12H22BrNO3S. The van der Waals surface area contributed by atoms with Gasteiger partial charge < -0.3 is 26.5 Å². The van der Waals surface area contributed by atoms with Crippen LogP contribution in [0.25, 0.3) is 0 Å². The van der Waals surface area contributed by atoms with Gasteiger partial charge in [0.1, 0.15) is 25.4 Å². The summed E-state index contributed by atoms with van der Waals surface area (Å²) in [7, 11) is 1.67. The quantitative estimate of drug-likeness (QED) is 0.275. The SMILES string of the molecule is CCOC(=O)CC(SCOC)=[N+]1CCCCC1.[Br-]. The minimum Gasteiger partial charge on any atom is -1.00 e. The fourth-order valence-electron chi connectivity index (χ4n) is 1.86. The maximum absolute atomic E-state index is 11.5. The molecule has 0 radical (unpaired) electrons. The topological polar surface area (TPSA) is 38.5 Å². The highest BCUT2D eigenvalue weighted by Gasteiger charge is 2.22. The number of carbonyl (C=O) groups is 1. The first kappa shape index (κ1) is 17.9. The summed E-state index contributed by atoms with van der Waals surface area (Å²) in [6, 6.07) is 0. The van der Waals surface area contributed by atoms with E-state index in [9.17, 15) is 4.79 Å². The van der Waals surface area contributed by atoms with Gasteiger partial charge in [0.2, 0.25) is 5.04 Å². The molecule has 0 atom stereocenters. The second-order valence-electron chi connectivity index (χ2n) is 3.97. The van der Waals surface area contributed by atoms with Gasteiger partial charge in [-0.3, -0.25) is 4.79 Å². The summed E-state index contributed by atoms with van der Waals surface area (Å²) in [5.41, 5.74) is 0. The summed E-state index contributed by atoms with van der Waals surface area (Å²) >= 11 is 1.60. The van der Waals surface area contributed by atoms with Crippen molar-refractivity contribution in [2.75, 3.05) is 32.7 Å². The van der Waals surface area contributed by atoms with E-state index in [-0.39, 0.29) is 23.0 Å². The van der Waals surface area contributed by atoms with Crippen molar-refractivity contribution < 1.29 is 35.8 Å². The normalized spacial score (nSPS) is 14.9. The number of hydrogen-bond acceptors (Lipinski definition) is 4. The Morgan fingerprint density at radius 2 is 1.94 bits per heavy atom. The molecule has 0 aromatic carbocycles. The number of hydrogen-bond donors (Lipinski definition) is 0. The summed E-state index contributed by atoms with van der Waals surface area (Å²) in [6.45, 7) is 4.37. The third kappa shape index (κ3) is 6.75. The van der Waals surface area contributed by atoms with Crippen molar-refractivity contribution in [1.29, 1.82) is 0 Å². The van der Waals surface area contributed by atoms with Crippen LogP contribution < -0.4 is 17.0 Å². The Morgan fingerprint density at radius 1 is 1.28 bits per heavy atom. The van der Waals surface area contributed by atoms with Crippen molar-refractivity contribution in [1.82, 2.24) is 0 Å². The van der Waals surface area contributed by atoms with Crippen LogP contribution in [0.3, 0.4) is 0 Å². The summed E-state index contributed by atoms with van der Waals surface area (Å²) in [5, 5.41) is 1.09. The zero-order chi connectivity index (χ0) is 12.5. The fourth-order valence-corrected chi connectivity index (χ4v) is 2.70. The van der Waals surface area contributed by atoms with E-state index in [0.717, 1.165) is 18.1 Å². The highest BCUT2D eigenvalue weighted by atomic mass is 79.9. The molecule has 1 heterocycles. The van der Waals surface area contributed by atoms with Gasteiger partial charge in [-0.15, -0.1) is 0 Å². The van der Waals surface area contributed by atoms with Crippen molar-refractivity contribution in [3.8, 4) is 0 Å². The van der Waals surface area contributed by atoms with E-state index in [1.54, 1.807) is 18.9 Å². The van der Waals surface area contributed by atoms with Gasteiger partial charge in [0, 0.05) is 20.0 Å². The highest BCUT2D eigenvalue weighted by molar-refractivity contribution is 8.13. The molecule has 0 aromatic heterocycles. The van der Waals surface area contributed by atoms with E-state index in [2.05, 4.69) is 4.58 Å². The largest absolute Gasteiger partial charge is 1.00 e. The van der Waals surface area contributed by atoms with Crippen LogP contribution in [0.4, 0.5) is 0 Å². The lowest BCUT2D eigenvalue weighted by molar-refractivity contribution is -0.535. The molecule has 6 heteroatoms. The van der Waals surface area contributed by atoms with E-state index in [0.29, 0.717) is 19.0 Å². The van der Waals surface area contributed by atoms with Gasteiger partial charge in [0.05, 0.1) is 6.61 Å². The monoisotopic (exact) mass is 339 g/mol. The van der Waals surface area contributed by atoms with Crippen LogP contribution in [-0.4, -0.2) is 48.3 Å². The maximum Gasteiger partial charge on any atom is 0.317 e. The van der Waals surface area contributed by atoms with E-state index >= 15 is 0 Å². The minimum atomic E-state index is -0.142. The molecule has 0 saturated carbocycles. The van der Waals surface area contributed by atoms with E-state index in [1.807, 2.05) is 6.92 Å². The second kappa shape index (κ2) is 10.8. The molecule has 1 rings (SSSR count). The van der Waals surface area contributed by atoms with Gasteiger partial charge in [-0.05, 0) is 25.1 Å². The molecule has 0 spiro atoms. The minimum absolute atomic E-state index is 0. The Morgan fingerprint density at radius 3 is 2.50 bits per heavy atom. The first-order chi connectivity index (χ1) is 8.27. The zero-order valence-corrected chi connectivity index (χ0v) is 13.5. The van der Waals surface area contributed by atoms with Crippen LogP contribution in [0.15, 0.2) is 0 Å². The Labute approximate surface area is 124 Å². The Hall–Kier alpha value is -0.0700. The summed E-state index contributed by atoms with van der Waals surface area (Å²) in [6.07, 6.45) is 4.08. The molecule has 4 nitrogen and oxygen atoms in total. The molecule has 0 bridgehead atoms. The Bertz CT molecular complexity index is 276. The van der Waals surface area contributed by atoms with E-state index < -0.39 is 0 Å². The van der Waals surface area contributed by atoms with Gasteiger partial charge in [-0.25, -0.2) is 4.58 Å². The Kier molecular flexibility index (Phi) is 10.8. The molecule has 106 valence electrons. The van der Waals surface area contributed by atoms with Gasteiger partial charge in [-0.1, -0.05) is 0 Å². The molecule has 1 saturated heterocycles. The number of thioether (sulfide) groups is 1. The van der Waals surface area contributed by atoms with Crippen molar-refractivity contribution in [2.24, 2.45) is 0 Å². The first-order valence-electron chi connectivity index (χ1n) is 6.16. The summed E-state index contributed by atoms with van der Waals surface area (Å²) in [5.74, 6) is 0.447. The number of nitrogens with zero attached hydrogens (tertiary/aromatic N) is 1. The molecule has 0 aliphatic carbocycles. The standard InChI is InChI=1S/C12H22NO3S.BrH/c1-3-16-12(14)9-11(17-10-15-2)13-7-5-4-6-8-13;/h3-10H2,1-2H3;1H/q+1;/p-1. The molecule has 0 N–H and O–H groups in total. The van der Waals surface area contributed by atoms with Crippen LogP contribution in [0.1, 0.15) is 32.6 Å². The molecule has 1 aliphatic heterocycles. The van der Waals surface area contributed by atoms with Crippen molar-refractivity contribution in [2.45, 2.75) is 32.6 Å². The number of methoxy groups -OCH3 is 1. The lowest BCUT2D eigenvalue weighted by atomic mass is 10.1. The summed E-state index contributed by atoms with van der Waals surface area (Å²) in [4.78, 5) is 11.5. The second-order valence-corrected chi connectivity index (χ2v) is 4.97. The predicted octanol–water partition coefficient (Wildman–Crippen LogP) is -1.12. The first-order valence-corrected chi connectivity index (χ1v) is 7.14. The molecule has 0 unspecified atom stereocenters. The number of esters is 1. The number of halogens is 1. The van der Waals surface area contributed by atoms with Crippen LogP contribution in [-0.2, 0) is 14.3 Å². The summed E-state index contributed by atoms with van der Waals surface area (Å²) < 4.78 is 12.4. The lowest BCUT2D eigenvalue weighted by Crippen LogP contribution is -3.00. The van der Waals surface area contributed by atoms with Gasteiger partial charge >= 0.3 is 5.97 Å². The lowest BCUT2D eigenvalue weighted by Gasteiger charge is -2.13. The van der Waals surface area contributed by atoms with Crippen molar-refractivity contribution in [3.63, 3.8) is 0 Å². The van der Waals surface area contributed by atoms with Gasteiger partial charge in [0.25, 0.3) is 0 Å². The molecular weight excluding hydrogens is 318 g/mol. The van der Waals surface area contributed by atoms with Crippen molar-refractivity contribution in [3.05, 3.63) is 0 Å². The Balaban J connectivity index is 0.00000289. The smallest absolute Gasteiger partial charge is 0.317 e. The molecule has 18 heavy (non-hydrogen) atoms. The fraction of sp³-hybridized carbons (Fsp3) is 0.833. The number of carbonyl (C=O) groups excluding carboxylic acids is 1. The van der Waals surface area contributed by atoms with E-state index in [4.69, 9.17) is 9.47 Å². The van der Waals surface area contributed by atoms with Crippen LogP contribution in [0.5, 0.6) is 0 Å². The third-order valence-electron chi connectivity index (χ3n) is 2.65. The van der Waals surface area contributed by atoms with Gasteiger partial charge in [0.15, 0.2) is 0 Å². The van der Waals surface area contributed by atoms with Crippen LogP contribution >= 0.6 is 11.8 Å². The van der Waals surface area contributed by atoms with Gasteiger partial charge in [-0.2, -0.15) is 0 Å². The number of ether oxygens (including phenoxy) is 2. The molecule has 1 fully saturated rings. The average molecular weight is 340 g/mol. The maximum atomic E-state index is 11.5. The highest BCUT2D eigenvalue weighted by Crippen LogP contribution is 2.13. The average Bonchev–Trinajstić information content (AvgIpc) is 2.36. The third-order valence-corrected chi connectivity index (χ3v) is 3.74. The predicted molar refractivity (Wildman–Crippen MR) is 69.6 cm³/mol. The van der Waals surface area contributed by atoms with Crippen LogP contribution in [0.2, 0.25) is 0 Å².